The third-order valence-electron chi connectivity index (χ3n) is 6.82. The van der Waals surface area contributed by atoms with Gasteiger partial charge in [-0.05, 0) is 65.5 Å². The molecule has 29 heavy (non-hydrogen) atoms. The molecule has 0 N–H and O–H groups in total. The number of carbonyl (C=O) groups excluding carboxylic acids is 2. The Hall–Kier alpha value is -2.69. The quantitative estimate of drug-likeness (QED) is 0.788. The van der Waals surface area contributed by atoms with Gasteiger partial charge in [0.2, 0.25) is 11.8 Å². The Kier molecular flexibility index (Phi) is 3.65. The second-order valence-corrected chi connectivity index (χ2v) is 8.48. The van der Waals surface area contributed by atoms with Gasteiger partial charge in [-0.15, -0.1) is 0 Å². The first-order valence-electron chi connectivity index (χ1n) is 12.0. The maximum Gasteiger partial charge on any atom is 0.227 e. The average Bonchev–Trinajstić information content (AvgIpc) is 3.18. The largest absolute Gasteiger partial charge is 0.342 e. The fraction of sp³-hybridized carbons (Fsp3) is 0.458. The number of likely N-dealkylation sites (tertiary alicyclic amines) is 1. The molecule has 2 aromatic rings. The molecule has 3 aliphatic rings. The van der Waals surface area contributed by atoms with E-state index in [1.807, 2.05) is 36.4 Å². The third-order valence-corrected chi connectivity index (χ3v) is 6.82. The van der Waals surface area contributed by atoms with E-state index in [4.69, 9.17) is 4.11 Å². The van der Waals surface area contributed by atoms with Gasteiger partial charge in [0.15, 0.2) is 0 Å². The molecule has 0 spiro atoms. The third kappa shape index (κ3) is 3.04. The molecule has 2 aliphatic heterocycles. The van der Waals surface area contributed by atoms with Crippen LogP contribution in [-0.2, 0) is 28.9 Å². The number of hydrogen-bond acceptors (Lipinski definition) is 3. The number of aryl methyl sites for hydroxylation is 1. The fourth-order valence-corrected chi connectivity index (χ4v) is 5.23. The highest BCUT2D eigenvalue weighted by molar-refractivity contribution is 5.96. The van der Waals surface area contributed by atoms with E-state index in [0.717, 1.165) is 47.5 Å². The molecule has 5 rings (SSSR count). The van der Waals surface area contributed by atoms with Crippen molar-refractivity contribution in [2.45, 2.75) is 39.0 Å². The van der Waals surface area contributed by atoms with Gasteiger partial charge in [-0.25, -0.2) is 0 Å². The van der Waals surface area contributed by atoms with Gasteiger partial charge < -0.3 is 9.80 Å². The smallest absolute Gasteiger partial charge is 0.227 e. The first-order chi connectivity index (χ1) is 15.3. The van der Waals surface area contributed by atoms with Crippen molar-refractivity contribution in [3.8, 4) is 11.1 Å². The fourth-order valence-electron chi connectivity index (χ4n) is 5.23. The van der Waals surface area contributed by atoms with Crippen LogP contribution < -0.4 is 4.90 Å². The van der Waals surface area contributed by atoms with Crippen molar-refractivity contribution in [3.05, 3.63) is 47.3 Å². The second-order valence-electron chi connectivity index (χ2n) is 8.48. The van der Waals surface area contributed by atoms with Gasteiger partial charge in [0.05, 0.1) is 0 Å². The lowest BCUT2D eigenvalue weighted by molar-refractivity contribution is -0.130. The van der Waals surface area contributed by atoms with Crippen LogP contribution in [0.1, 0.15) is 40.6 Å². The molecule has 3 heterocycles. The molecule has 150 valence electrons. The predicted octanol–water partition coefficient (Wildman–Crippen LogP) is 3.24. The van der Waals surface area contributed by atoms with Crippen molar-refractivity contribution in [1.29, 1.82) is 0 Å². The van der Waals surface area contributed by atoms with E-state index in [9.17, 15) is 9.59 Å². The van der Waals surface area contributed by atoms with E-state index in [0.29, 0.717) is 30.4 Å². The highest BCUT2D eigenvalue weighted by Crippen LogP contribution is 2.40. The van der Waals surface area contributed by atoms with E-state index < -0.39 is 6.98 Å². The predicted molar refractivity (Wildman–Crippen MR) is 113 cm³/mol. The van der Waals surface area contributed by atoms with Crippen molar-refractivity contribution in [3.63, 3.8) is 0 Å². The normalized spacial score (nSPS) is 24.9. The van der Waals surface area contributed by atoms with Gasteiger partial charge >= 0.3 is 0 Å². The number of carbonyl (C=O) groups is 2. The summed E-state index contributed by atoms with van der Waals surface area (Å²) in [5.74, 6) is 0.810. The molecule has 1 aromatic heterocycles. The molecule has 2 atom stereocenters. The molecular formula is C24H27N3O2. The summed E-state index contributed by atoms with van der Waals surface area (Å²) in [6.45, 7) is 1.08. The summed E-state index contributed by atoms with van der Waals surface area (Å²) in [6.07, 6.45) is 6.97. The Morgan fingerprint density at radius 1 is 1.17 bits per heavy atom. The highest BCUT2D eigenvalue weighted by Gasteiger charge is 2.38. The maximum absolute atomic E-state index is 12.3. The van der Waals surface area contributed by atoms with Crippen molar-refractivity contribution in [2.24, 2.45) is 11.8 Å². The molecule has 1 aliphatic carbocycles. The Bertz CT molecular complexity index is 1100. The van der Waals surface area contributed by atoms with E-state index in [1.54, 1.807) is 6.07 Å². The molecule has 0 unspecified atom stereocenters. The summed E-state index contributed by atoms with van der Waals surface area (Å²) < 4.78 is 23.3. The Balaban J connectivity index is 1.48. The van der Waals surface area contributed by atoms with Crippen molar-refractivity contribution < 1.29 is 13.7 Å². The number of anilines is 1. The van der Waals surface area contributed by atoms with Crippen molar-refractivity contribution in [2.75, 3.05) is 25.0 Å². The lowest BCUT2D eigenvalue weighted by Gasteiger charge is -2.29. The summed E-state index contributed by atoms with van der Waals surface area (Å²) in [5.41, 5.74) is 5.96. The van der Waals surface area contributed by atoms with E-state index >= 15 is 0 Å². The van der Waals surface area contributed by atoms with Crippen LogP contribution >= 0.6 is 0 Å². The molecule has 5 nitrogen and oxygen atoms in total. The lowest BCUT2D eigenvalue weighted by atomic mass is 9.76. The van der Waals surface area contributed by atoms with Crippen LogP contribution in [-0.4, -0.2) is 41.8 Å². The Labute approximate surface area is 175 Å². The monoisotopic (exact) mass is 392 g/mol. The molecule has 0 saturated carbocycles. The topological polar surface area (TPSA) is 53.5 Å². The van der Waals surface area contributed by atoms with Crippen molar-refractivity contribution in [1.82, 2.24) is 9.88 Å². The van der Waals surface area contributed by atoms with Gasteiger partial charge in [-0.1, -0.05) is 13.0 Å². The summed E-state index contributed by atoms with van der Waals surface area (Å²) in [7, 11) is 0. The zero-order chi connectivity index (χ0) is 22.6. The maximum atomic E-state index is 12.3. The molecule has 0 radical (unpaired) electrons. The molecule has 1 fully saturated rings. The highest BCUT2D eigenvalue weighted by atomic mass is 16.2. The van der Waals surface area contributed by atoms with Crippen LogP contribution in [0.4, 0.5) is 5.69 Å². The average molecular weight is 393 g/mol. The minimum absolute atomic E-state index is 0.199. The van der Waals surface area contributed by atoms with Crippen LogP contribution in [0.25, 0.3) is 11.1 Å². The Morgan fingerprint density at radius 2 is 2.00 bits per heavy atom. The number of aromatic nitrogens is 1. The molecule has 5 heteroatoms. The van der Waals surface area contributed by atoms with E-state index in [-0.39, 0.29) is 18.2 Å². The van der Waals surface area contributed by atoms with Gasteiger partial charge in [0, 0.05) is 60.7 Å². The number of nitrogens with zero attached hydrogens (tertiary/aromatic N) is 3. The molecule has 1 aromatic carbocycles. The standard InChI is InChI=1S/C24H27N3O2/c1-3-23(28)27-13-18-9-17-11-25-12-21(20(17)10-19(18)14-27)15-4-6-22-16(8-15)5-7-24(29)26(22)2/h4,6,8,11-12,18-19H,3,5,7,9-10,13-14H2,1-2H3/t18-,19+/m0/s1/i2D3. The van der Waals surface area contributed by atoms with Crippen molar-refractivity contribution >= 4 is 17.5 Å². The minimum Gasteiger partial charge on any atom is -0.342 e. The number of amides is 2. The van der Waals surface area contributed by atoms with Gasteiger partial charge in [0.25, 0.3) is 0 Å². The van der Waals surface area contributed by atoms with Crippen LogP contribution in [0.5, 0.6) is 0 Å². The zero-order valence-electron chi connectivity index (χ0n) is 19.6. The van der Waals surface area contributed by atoms with E-state index in [1.165, 1.54) is 11.1 Å². The molecule has 0 bridgehead atoms. The number of rotatable bonds is 2. The van der Waals surface area contributed by atoms with Gasteiger partial charge in [0.1, 0.15) is 0 Å². The molecule has 1 saturated heterocycles. The molecular weight excluding hydrogens is 362 g/mol. The van der Waals surface area contributed by atoms with Crippen LogP contribution in [0.15, 0.2) is 30.6 Å². The second kappa shape index (κ2) is 6.97. The summed E-state index contributed by atoms with van der Waals surface area (Å²) >= 11 is 0. The Morgan fingerprint density at radius 3 is 2.79 bits per heavy atom. The SMILES string of the molecule is [2H]C([2H])([2H])N1C(=O)CCc2cc(-c3cncc4c3C[C@@H]3CN(C(=O)CC)C[C@@H]3C4)ccc21. The number of benzene rings is 1. The molecule has 2 amide bonds. The number of hydrogen-bond donors (Lipinski definition) is 0. The summed E-state index contributed by atoms with van der Waals surface area (Å²) in [4.78, 5) is 32.0. The van der Waals surface area contributed by atoms with E-state index in [2.05, 4.69) is 4.98 Å². The number of pyridine rings is 1. The van der Waals surface area contributed by atoms with Crippen LogP contribution in [0, 0.1) is 11.8 Å². The summed E-state index contributed by atoms with van der Waals surface area (Å²) in [5, 5.41) is 0. The van der Waals surface area contributed by atoms with Gasteiger partial charge in [-0.2, -0.15) is 0 Å². The summed E-state index contributed by atoms with van der Waals surface area (Å²) in [6, 6.07) is 5.68. The number of fused-ring (bicyclic) bond motifs is 3. The van der Waals surface area contributed by atoms with Gasteiger partial charge in [-0.3, -0.25) is 14.6 Å². The lowest BCUT2D eigenvalue weighted by Crippen LogP contribution is -2.31. The first kappa shape index (κ1) is 15.2. The minimum atomic E-state index is -2.49. The first-order valence-corrected chi connectivity index (χ1v) is 10.5. The van der Waals surface area contributed by atoms with Crippen LogP contribution in [0.2, 0.25) is 0 Å². The van der Waals surface area contributed by atoms with Crippen LogP contribution in [0.3, 0.4) is 0 Å². The zero-order valence-corrected chi connectivity index (χ0v) is 16.6.